The lowest BCUT2D eigenvalue weighted by molar-refractivity contribution is -0.274. The van der Waals surface area contributed by atoms with Crippen molar-refractivity contribution in [3.8, 4) is 5.75 Å². The number of halogens is 3. The lowest BCUT2D eigenvalue weighted by Gasteiger charge is -2.40. The molecule has 0 unspecified atom stereocenters. The number of carbonyl (C=O) groups excluding carboxylic acids is 1. The summed E-state index contributed by atoms with van der Waals surface area (Å²) in [6.07, 6.45) is 6.50. The van der Waals surface area contributed by atoms with Crippen LogP contribution >= 0.6 is 0 Å². The highest BCUT2D eigenvalue weighted by atomic mass is 19.4. The molecule has 2 N–H and O–H groups in total. The number of nitrogens with one attached hydrogen (secondary N) is 1. The van der Waals surface area contributed by atoms with E-state index in [-0.39, 0.29) is 24.6 Å². The Kier molecular flexibility index (Phi) is 10.5. The van der Waals surface area contributed by atoms with Gasteiger partial charge in [0.05, 0.1) is 6.42 Å². The molecule has 2 aromatic rings. The first kappa shape index (κ1) is 29.9. The lowest BCUT2D eigenvalue weighted by atomic mass is 9.72. The van der Waals surface area contributed by atoms with Gasteiger partial charge in [-0.3, -0.25) is 14.5 Å². The maximum atomic E-state index is 12.6. The molecule has 0 aliphatic heterocycles. The molecule has 4 rings (SSSR count). The molecule has 0 spiro atoms. The Bertz CT molecular complexity index is 1090. The second kappa shape index (κ2) is 14.0. The van der Waals surface area contributed by atoms with Gasteiger partial charge in [-0.15, -0.1) is 13.2 Å². The Morgan fingerprint density at radius 2 is 1.38 bits per heavy atom. The van der Waals surface area contributed by atoms with Crippen LogP contribution in [0, 0.1) is 11.8 Å². The molecule has 2 aliphatic carbocycles. The minimum atomic E-state index is -4.72. The van der Waals surface area contributed by atoms with Crippen molar-refractivity contribution in [3.63, 3.8) is 0 Å². The highest BCUT2D eigenvalue weighted by molar-refractivity contribution is 5.94. The van der Waals surface area contributed by atoms with E-state index in [0.29, 0.717) is 24.7 Å². The topological polar surface area (TPSA) is 78.9 Å². The van der Waals surface area contributed by atoms with Gasteiger partial charge in [0.1, 0.15) is 5.75 Å². The molecule has 0 bridgehead atoms. The molecule has 2 fully saturated rings. The van der Waals surface area contributed by atoms with Gasteiger partial charge in [0.15, 0.2) is 0 Å². The summed E-state index contributed by atoms with van der Waals surface area (Å²) in [5.41, 5.74) is 2.42. The second-order valence-corrected chi connectivity index (χ2v) is 11.2. The van der Waals surface area contributed by atoms with Crippen molar-refractivity contribution in [2.24, 2.45) is 11.8 Å². The van der Waals surface area contributed by atoms with Crippen molar-refractivity contribution in [2.75, 3.05) is 6.54 Å². The molecular weight excluding hydrogens is 521 g/mol. The quantitative estimate of drug-likeness (QED) is 0.312. The summed E-state index contributed by atoms with van der Waals surface area (Å²) in [5.74, 6) is 0.125. The van der Waals surface area contributed by atoms with Crippen LogP contribution in [0.5, 0.6) is 5.75 Å². The summed E-state index contributed by atoms with van der Waals surface area (Å²) >= 11 is 0. The van der Waals surface area contributed by atoms with Crippen LogP contribution in [-0.4, -0.2) is 40.8 Å². The van der Waals surface area contributed by atoms with Crippen molar-refractivity contribution < 1.29 is 32.6 Å². The number of nitrogens with zero attached hydrogens (tertiary/aromatic N) is 1. The van der Waals surface area contributed by atoms with E-state index in [9.17, 15) is 22.8 Å². The first-order chi connectivity index (χ1) is 19.2. The summed E-state index contributed by atoms with van der Waals surface area (Å²) in [5, 5.41) is 11.4. The van der Waals surface area contributed by atoms with Gasteiger partial charge >= 0.3 is 12.3 Å². The number of amides is 1. The average Bonchev–Trinajstić information content (AvgIpc) is 2.93. The molecule has 218 valence electrons. The van der Waals surface area contributed by atoms with E-state index >= 15 is 0 Å². The number of alkyl halides is 3. The van der Waals surface area contributed by atoms with Crippen molar-refractivity contribution in [1.82, 2.24) is 10.2 Å². The van der Waals surface area contributed by atoms with E-state index in [1.807, 2.05) is 12.1 Å². The molecule has 6 nitrogen and oxygen atoms in total. The van der Waals surface area contributed by atoms with E-state index in [1.54, 1.807) is 24.3 Å². The number of aliphatic carboxylic acids is 1. The van der Waals surface area contributed by atoms with Gasteiger partial charge in [0.2, 0.25) is 0 Å². The van der Waals surface area contributed by atoms with Crippen LogP contribution in [0.4, 0.5) is 13.2 Å². The van der Waals surface area contributed by atoms with E-state index < -0.39 is 12.3 Å². The van der Waals surface area contributed by atoms with Crippen LogP contribution in [0.1, 0.15) is 85.7 Å². The van der Waals surface area contributed by atoms with Crippen molar-refractivity contribution in [1.29, 1.82) is 0 Å². The summed E-state index contributed by atoms with van der Waals surface area (Å²) in [6, 6.07) is 13.8. The van der Waals surface area contributed by atoms with E-state index in [0.717, 1.165) is 35.8 Å². The monoisotopic (exact) mass is 560 g/mol. The Hall–Kier alpha value is -3.07. The molecular formula is C31H39F3N2O4. The Morgan fingerprint density at radius 1 is 0.825 bits per heavy atom. The fourth-order valence-electron chi connectivity index (χ4n) is 6.27. The predicted octanol–water partition coefficient (Wildman–Crippen LogP) is 6.93. The predicted molar refractivity (Wildman–Crippen MR) is 146 cm³/mol. The van der Waals surface area contributed by atoms with Crippen molar-refractivity contribution in [2.45, 2.75) is 89.7 Å². The first-order valence-electron chi connectivity index (χ1n) is 14.3. The van der Waals surface area contributed by atoms with Crippen LogP contribution < -0.4 is 10.1 Å². The minimum Gasteiger partial charge on any atom is -0.481 e. The van der Waals surface area contributed by atoms with Crippen LogP contribution in [0.15, 0.2) is 48.5 Å². The Labute approximate surface area is 233 Å². The highest BCUT2D eigenvalue weighted by Gasteiger charge is 2.32. The zero-order chi connectivity index (χ0) is 28.5. The zero-order valence-electron chi connectivity index (χ0n) is 22.8. The molecule has 0 saturated heterocycles. The van der Waals surface area contributed by atoms with Crippen molar-refractivity contribution in [3.05, 3.63) is 65.2 Å². The van der Waals surface area contributed by atoms with E-state index in [4.69, 9.17) is 5.11 Å². The average molecular weight is 561 g/mol. The summed E-state index contributed by atoms with van der Waals surface area (Å²) in [7, 11) is 0. The standard InChI is InChI=1S/C31H39F3N2O4/c32-31(33,34)40-28-16-8-23(9-17-28)21-36(27-14-12-25(13-15-27)24-4-2-1-3-5-24)20-22-6-10-26(11-7-22)30(39)35-19-18-29(37)38/h6-11,16-17,24-25,27H,1-5,12-15,18-21H2,(H,35,39)(H,37,38)/t25-,27+. The van der Waals surface area contributed by atoms with Gasteiger partial charge in [-0.2, -0.15) is 0 Å². The van der Waals surface area contributed by atoms with Gasteiger partial charge in [-0.1, -0.05) is 56.4 Å². The number of hydrogen-bond donors (Lipinski definition) is 2. The van der Waals surface area contributed by atoms with Gasteiger partial charge in [-0.25, -0.2) is 0 Å². The largest absolute Gasteiger partial charge is 0.573 e. The normalized spacial score (nSPS) is 20.3. The third-order valence-corrected chi connectivity index (χ3v) is 8.34. The molecule has 40 heavy (non-hydrogen) atoms. The number of carboxylic acids is 1. The number of benzene rings is 2. The number of carbonyl (C=O) groups is 2. The van der Waals surface area contributed by atoms with Gasteiger partial charge in [0, 0.05) is 31.2 Å². The summed E-state index contributed by atoms with van der Waals surface area (Å²) < 4.78 is 41.8. The van der Waals surface area contributed by atoms with E-state index in [1.165, 1.54) is 57.1 Å². The molecule has 1 amide bonds. The smallest absolute Gasteiger partial charge is 0.481 e. The first-order valence-corrected chi connectivity index (χ1v) is 14.3. The summed E-state index contributed by atoms with van der Waals surface area (Å²) in [6.45, 7) is 1.32. The molecule has 2 aliphatic rings. The molecule has 0 aromatic heterocycles. The third kappa shape index (κ3) is 9.25. The molecule has 2 saturated carbocycles. The van der Waals surface area contributed by atoms with Crippen LogP contribution in [0.3, 0.4) is 0 Å². The maximum Gasteiger partial charge on any atom is 0.573 e. The maximum absolute atomic E-state index is 12.6. The van der Waals surface area contributed by atoms with E-state index in [2.05, 4.69) is 15.0 Å². The molecule has 0 atom stereocenters. The van der Waals surface area contributed by atoms with Gasteiger partial charge in [-0.05, 0) is 72.9 Å². The molecule has 2 aromatic carbocycles. The lowest BCUT2D eigenvalue weighted by Crippen LogP contribution is -2.38. The Balaban J connectivity index is 1.42. The van der Waals surface area contributed by atoms with Crippen LogP contribution in [0.2, 0.25) is 0 Å². The SMILES string of the molecule is O=C(O)CCNC(=O)c1ccc(CN(Cc2ccc(OC(F)(F)F)cc2)[C@H]2CC[C@@H](C3CCCCC3)CC2)cc1. The Morgan fingerprint density at radius 3 is 1.93 bits per heavy atom. The van der Waals surface area contributed by atoms with Gasteiger partial charge in [0.25, 0.3) is 5.91 Å². The highest BCUT2D eigenvalue weighted by Crippen LogP contribution is 2.40. The van der Waals surface area contributed by atoms with Crippen LogP contribution in [-0.2, 0) is 17.9 Å². The number of ether oxygens (including phenoxy) is 1. The third-order valence-electron chi connectivity index (χ3n) is 8.34. The van der Waals surface area contributed by atoms with Crippen molar-refractivity contribution >= 4 is 11.9 Å². The van der Waals surface area contributed by atoms with Gasteiger partial charge < -0.3 is 15.2 Å². The number of carboxylic acid groups (broad SMARTS) is 1. The zero-order valence-corrected chi connectivity index (χ0v) is 22.8. The molecule has 0 heterocycles. The fraction of sp³-hybridized carbons (Fsp3) is 0.548. The second-order valence-electron chi connectivity index (χ2n) is 11.2. The minimum absolute atomic E-state index is 0.0695. The molecule has 0 radical (unpaired) electrons. The summed E-state index contributed by atoms with van der Waals surface area (Å²) in [4.78, 5) is 25.4. The van der Waals surface area contributed by atoms with Crippen LogP contribution in [0.25, 0.3) is 0 Å². The fourth-order valence-corrected chi connectivity index (χ4v) is 6.27. The molecule has 9 heteroatoms. The number of rotatable bonds is 11. The number of hydrogen-bond acceptors (Lipinski definition) is 4.